The zero-order valence-electron chi connectivity index (χ0n) is 16.4. The summed E-state index contributed by atoms with van der Waals surface area (Å²) in [5, 5.41) is 16.0. The molecule has 0 heterocycles. The maximum absolute atomic E-state index is 12.5. The number of carboxylic acids is 1. The molecule has 2 N–H and O–H groups in total. The second-order valence-corrected chi connectivity index (χ2v) is 5.70. The minimum Gasteiger partial charge on any atom is -0.545 e. The van der Waals surface area contributed by atoms with E-state index in [1.54, 1.807) is 13.8 Å². The van der Waals surface area contributed by atoms with Gasteiger partial charge >= 0.3 is 57.4 Å². The number of nitrogens with one attached hydrogen (secondary N) is 2. The number of rotatable bonds is 7. The minimum atomic E-state index is -1.35. The van der Waals surface area contributed by atoms with E-state index < -0.39 is 17.8 Å². The number of hydrogen-bond donors (Lipinski definition) is 2. The fraction of sp³-hybridized carbons (Fsp3) is 0.200. The molecule has 0 atom stereocenters. The molecule has 9 heteroatoms. The van der Waals surface area contributed by atoms with E-state index in [0.29, 0.717) is 5.69 Å². The van der Waals surface area contributed by atoms with E-state index in [-0.39, 0.29) is 92.7 Å². The van der Waals surface area contributed by atoms with E-state index in [1.165, 1.54) is 42.5 Å². The number of anilines is 2. The van der Waals surface area contributed by atoms with Crippen molar-refractivity contribution in [1.82, 2.24) is 0 Å². The van der Waals surface area contributed by atoms with Gasteiger partial charge in [0.25, 0.3) is 5.91 Å². The van der Waals surface area contributed by atoms with Gasteiger partial charge in [0.05, 0.1) is 23.8 Å². The molecule has 0 saturated carbocycles. The molecule has 29 heavy (non-hydrogen) atoms. The predicted octanol–water partition coefficient (Wildman–Crippen LogP) is -1.17. The molecule has 2 aromatic carbocycles. The van der Waals surface area contributed by atoms with Crippen LogP contribution in [0.25, 0.3) is 0 Å². The first-order valence-corrected chi connectivity index (χ1v) is 8.59. The van der Waals surface area contributed by atoms with Crippen LogP contribution in [0.2, 0.25) is 0 Å². The van der Waals surface area contributed by atoms with Crippen molar-refractivity contribution in [3.63, 3.8) is 0 Å². The molecule has 0 aliphatic carbocycles. The van der Waals surface area contributed by atoms with Gasteiger partial charge in [-0.15, -0.1) is 0 Å². The summed E-state index contributed by atoms with van der Waals surface area (Å²) in [6.07, 6.45) is 0.270. The summed E-state index contributed by atoms with van der Waals surface area (Å²) in [4.78, 5) is 47.1. The van der Waals surface area contributed by atoms with Gasteiger partial charge in [0.15, 0.2) is 0 Å². The Morgan fingerprint density at radius 3 is 2.10 bits per heavy atom. The smallest absolute Gasteiger partial charge is 0.545 e. The van der Waals surface area contributed by atoms with Crippen LogP contribution in [-0.4, -0.2) is 30.4 Å². The van der Waals surface area contributed by atoms with E-state index in [4.69, 9.17) is 4.74 Å². The van der Waals surface area contributed by atoms with Gasteiger partial charge in [0.1, 0.15) is 0 Å². The van der Waals surface area contributed by atoms with Gasteiger partial charge in [-0.05, 0) is 42.8 Å². The van der Waals surface area contributed by atoms with Gasteiger partial charge in [0, 0.05) is 17.7 Å². The van der Waals surface area contributed by atoms with Crippen molar-refractivity contribution < 1.29 is 80.4 Å². The monoisotopic (exact) mass is 422 g/mol. The maximum atomic E-state index is 12.5. The fourth-order valence-electron chi connectivity index (χ4n) is 2.31. The molecule has 0 spiro atoms. The molecule has 2 amide bonds. The Labute approximate surface area is 210 Å². The largest absolute Gasteiger partial charge is 1.00 e. The molecule has 2 aromatic rings. The number of amides is 2. The zero-order valence-corrected chi connectivity index (χ0v) is 19.5. The van der Waals surface area contributed by atoms with E-state index in [2.05, 4.69) is 10.6 Å². The topological polar surface area (TPSA) is 125 Å². The number of benzene rings is 2. The standard InChI is InChI=1S/C20H20N2O6.K/c1-3-17(23)21-14-9-10-15(20(27)28-4-2)16(11-14)22-18(24)12-5-7-13(8-6-12)19(25)26;/h5-11H,3-4H2,1-2H3,(H,21,23)(H,22,24)(H,25,26);/q;+1/p-1. The van der Waals surface area contributed by atoms with Crippen molar-refractivity contribution in [2.24, 2.45) is 0 Å². The molecule has 0 bridgehead atoms. The van der Waals surface area contributed by atoms with Crippen LogP contribution < -0.4 is 67.1 Å². The average Bonchev–Trinajstić information content (AvgIpc) is 2.68. The first-order chi connectivity index (χ1) is 13.3. The van der Waals surface area contributed by atoms with Gasteiger partial charge in [-0.3, -0.25) is 9.59 Å². The Kier molecular flexibility index (Phi) is 10.2. The molecule has 146 valence electrons. The van der Waals surface area contributed by atoms with Crippen molar-refractivity contribution in [1.29, 1.82) is 0 Å². The average molecular weight is 422 g/mol. The molecule has 0 aromatic heterocycles. The first-order valence-electron chi connectivity index (χ1n) is 8.59. The third-order valence-corrected chi connectivity index (χ3v) is 3.75. The summed E-state index contributed by atoms with van der Waals surface area (Å²) in [5.41, 5.74) is 0.802. The number of carbonyl (C=O) groups is 4. The summed E-state index contributed by atoms with van der Waals surface area (Å²) < 4.78 is 4.99. The molecule has 2 rings (SSSR count). The Bertz CT molecular complexity index is 912. The molecule has 0 aliphatic rings. The normalized spacial score (nSPS) is 9.72. The van der Waals surface area contributed by atoms with E-state index >= 15 is 0 Å². The molecule has 0 radical (unpaired) electrons. The van der Waals surface area contributed by atoms with Gasteiger partial charge in [-0.2, -0.15) is 0 Å². The summed E-state index contributed by atoms with van der Waals surface area (Å²) in [6, 6.07) is 9.57. The van der Waals surface area contributed by atoms with Crippen LogP contribution in [0.3, 0.4) is 0 Å². The molecule has 0 saturated heterocycles. The predicted molar refractivity (Wildman–Crippen MR) is 100 cm³/mol. The number of hydrogen-bond acceptors (Lipinski definition) is 6. The Balaban J connectivity index is 0.00000420. The van der Waals surface area contributed by atoms with Gasteiger partial charge in [0.2, 0.25) is 5.91 Å². The SMILES string of the molecule is CCOC(=O)c1ccc(NC(=O)CC)cc1NC(=O)c1ccc(C(=O)[O-])cc1.[K+]. The van der Waals surface area contributed by atoms with Crippen LogP contribution in [0.4, 0.5) is 11.4 Å². The minimum absolute atomic E-state index is 0. The van der Waals surface area contributed by atoms with E-state index in [1.807, 2.05) is 0 Å². The zero-order chi connectivity index (χ0) is 20.7. The summed E-state index contributed by atoms with van der Waals surface area (Å²) in [7, 11) is 0. The van der Waals surface area contributed by atoms with Crippen LogP contribution in [0, 0.1) is 0 Å². The third-order valence-electron chi connectivity index (χ3n) is 3.75. The van der Waals surface area contributed by atoms with E-state index in [9.17, 15) is 24.3 Å². The van der Waals surface area contributed by atoms with Crippen LogP contribution in [0.15, 0.2) is 42.5 Å². The van der Waals surface area contributed by atoms with Gasteiger partial charge < -0.3 is 25.3 Å². The molecule has 0 aliphatic heterocycles. The maximum Gasteiger partial charge on any atom is 1.00 e. The summed E-state index contributed by atoms with van der Waals surface area (Å²) in [6.45, 7) is 3.51. The number of ether oxygens (including phenoxy) is 1. The van der Waals surface area contributed by atoms with Crippen molar-refractivity contribution in [3.8, 4) is 0 Å². The third kappa shape index (κ3) is 7.05. The molecule has 0 fully saturated rings. The van der Waals surface area contributed by atoms with Crippen molar-refractivity contribution in [2.75, 3.05) is 17.2 Å². The van der Waals surface area contributed by atoms with Crippen molar-refractivity contribution in [2.45, 2.75) is 20.3 Å². The quantitative estimate of drug-likeness (QED) is 0.428. The van der Waals surface area contributed by atoms with E-state index in [0.717, 1.165) is 0 Å². The fourth-order valence-corrected chi connectivity index (χ4v) is 2.31. The second kappa shape index (κ2) is 11.8. The number of esters is 1. The van der Waals surface area contributed by atoms with Crippen molar-refractivity contribution >= 4 is 35.1 Å². The van der Waals surface area contributed by atoms with Crippen LogP contribution in [0.5, 0.6) is 0 Å². The Hall–Kier alpha value is -2.04. The number of aromatic carboxylic acids is 1. The van der Waals surface area contributed by atoms with Crippen LogP contribution >= 0.6 is 0 Å². The van der Waals surface area contributed by atoms with Gasteiger partial charge in [-0.25, -0.2) is 4.79 Å². The number of carboxylic acid groups (broad SMARTS) is 1. The molecular weight excluding hydrogens is 403 g/mol. The second-order valence-electron chi connectivity index (χ2n) is 5.70. The first kappa shape index (κ1) is 25.0. The van der Waals surface area contributed by atoms with Crippen LogP contribution in [0.1, 0.15) is 51.3 Å². The molecule has 0 unspecified atom stereocenters. The van der Waals surface area contributed by atoms with Gasteiger partial charge in [-0.1, -0.05) is 19.1 Å². The Morgan fingerprint density at radius 2 is 1.55 bits per heavy atom. The summed E-state index contributed by atoms with van der Waals surface area (Å²) in [5.74, 6) is -2.76. The van der Waals surface area contributed by atoms with Crippen LogP contribution in [-0.2, 0) is 9.53 Å². The Morgan fingerprint density at radius 1 is 0.931 bits per heavy atom. The molecular formula is C20H19KN2O6. The van der Waals surface area contributed by atoms with Crippen molar-refractivity contribution in [3.05, 3.63) is 59.2 Å². The molecule has 8 nitrogen and oxygen atoms in total. The summed E-state index contributed by atoms with van der Waals surface area (Å²) >= 11 is 0. The number of carbonyl (C=O) groups excluding carboxylic acids is 4.